The molecule has 10 nitrogen and oxygen atoms in total. The van der Waals surface area contributed by atoms with E-state index in [0.29, 0.717) is 19.7 Å². The van der Waals surface area contributed by atoms with Crippen LogP contribution in [0.2, 0.25) is 0 Å². The number of ether oxygens (including phenoxy) is 6. The van der Waals surface area contributed by atoms with Crippen LogP contribution in [0.4, 0.5) is 4.79 Å². The van der Waals surface area contributed by atoms with Crippen LogP contribution in [0.5, 0.6) is 23.0 Å². The number of piperidine rings is 1. The van der Waals surface area contributed by atoms with Crippen LogP contribution >= 0.6 is 0 Å². The van der Waals surface area contributed by atoms with Crippen molar-refractivity contribution < 1.29 is 33.2 Å². The number of carbonyl (C=O) groups excluding carboxylic acids is 1. The lowest BCUT2D eigenvalue weighted by Gasteiger charge is -2.45. The molecule has 0 saturated carbocycles. The van der Waals surface area contributed by atoms with E-state index in [2.05, 4.69) is 54.8 Å². The highest BCUT2D eigenvalue weighted by molar-refractivity contribution is 5.82. The average Bonchev–Trinajstić information content (AvgIpc) is 3.30. The summed E-state index contributed by atoms with van der Waals surface area (Å²) >= 11 is 0. The fourth-order valence-corrected chi connectivity index (χ4v) is 7.34. The predicted molar refractivity (Wildman–Crippen MR) is 181 cm³/mol. The lowest BCUT2D eigenvalue weighted by atomic mass is 9.77. The number of allylic oxidation sites excluding steroid dienone is 1. The zero-order valence-electron chi connectivity index (χ0n) is 29.3. The van der Waals surface area contributed by atoms with E-state index in [9.17, 15) is 4.79 Å². The van der Waals surface area contributed by atoms with Crippen LogP contribution in [0.3, 0.4) is 0 Å². The number of carbonyl (C=O) groups is 1. The largest absolute Gasteiger partial charge is 0.497 e. The van der Waals surface area contributed by atoms with Crippen LogP contribution in [0, 0.1) is 0 Å². The smallest absolute Gasteiger partial charge is 0.325 e. The van der Waals surface area contributed by atoms with Gasteiger partial charge in [0.05, 0.1) is 40.6 Å². The Labute approximate surface area is 280 Å². The Morgan fingerprint density at radius 1 is 0.936 bits per heavy atom. The Morgan fingerprint density at radius 3 is 2.23 bits per heavy atom. The number of amides is 2. The molecule has 3 fully saturated rings. The number of likely N-dealkylation sites (N-methyl/N-ethyl adjacent to an activating group) is 1. The topological polar surface area (TPSA) is 82.2 Å². The summed E-state index contributed by atoms with van der Waals surface area (Å²) in [5, 5.41) is 0. The molecule has 3 aliphatic heterocycles. The molecule has 47 heavy (non-hydrogen) atoms. The van der Waals surface area contributed by atoms with Gasteiger partial charge in [0.25, 0.3) is 0 Å². The Morgan fingerprint density at radius 2 is 1.64 bits per heavy atom. The average molecular weight is 652 g/mol. The molecular weight excluding hydrogens is 598 g/mol. The van der Waals surface area contributed by atoms with Crippen molar-refractivity contribution in [1.29, 1.82) is 0 Å². The van der Waals surface area contributed by atoms with Crippen LogP contribution in [-0.2, 0) is 21.4 Å². The van der Waals surface area contributed by atoms with Gasteiger partial charge in [-0.15, -0.1) is 0 Å². The van der Waals surface area contributed by atoms with Gasteiger partial charge in [-0.25, -0.2) is 4.79 Å². The molecule has 258 valence electrons. The summed E-state index contributed by atoms with van der Waals surface area (Å²) < 4.78 is 34.4. The number of urea groups is 1. The second kappa shape index (κ2) is 15.2. The Kier molecular flexibility index (Phi) is 11.3. The zero-order chi connectivity index (χ0) is 33.6. The summed E-state index contributed by atoms with van der Waals surface area (Å²) in [6.45, 7) is 11.1. The maximum Gasteiger partial charge on any atom is 0.325 e. The molecule has 0 bridgehead atoms. The van der Waals surface area contributed by atoms with E-state index < -0.39 is 11.0 Å². The predicted octanol–water partition coefficient (Wildman–Crippen LogP) is 6.22. The first-order valence-electron chi connectivity index (χ1n) is 16.9. The summed E-state index contributed by atoms with van der Waals surface area (Å²) in [7, 11) is 6.70. The molecule has 3 saturated heterocycles. The minimum atomic E-state index is -0.469. The van der Waals surface area contributed by atoms with Gasteiger partial charge in [0.15, 0.2) is 6.29 Å². The molecule has 0 radical (unpaired) electrons. The van der Waals surface area contributed by atoms with Gasteiger partial charge in [-0.2, -0.15) is 0 Å². The fourth-order valence-electron chi connectivity index (χ4n) is 7.34. The number of hydrogen-bond acceptors (Lipinski definition) is 8. The molecule has 3 aliphatic rings. The molecule has 5 rings (SSSR count). The lowest BCUT2D eigenvalue weighted by molar-refractivity contribution is -0.164. The van der Waals surface area contributed by atoms with Crippen LogP contribution < -0.4 is 18.9 Å². The molecule has 1 spiro atoms. The van der Waals surface area contributed by atoms with E-state index >= 15 is 0 Å². The van der Waals surface area contributed by atoms with Crippen molar-refractivity contribution in [3.05, 3.63) is 59.3 Å². The molecular formula is C37H53N3O7. The van der Waals surface area contributed by atoms with Gasteiger partial charge in [0.1, 0.15) is 23.0 Å². The molecule has 2 aromatic carbocycles. The van der Waals surface area contributed by atoms with E-state index in [1.54, 1.807) is 28.4 Å². The third-order valence-electron chi connectivity index (χ3n) is 9.92. The number of nitrogens with zero attached hydrogens (tertiary/aromatic N) is 3. The molecule has 1 atom stereocenters. The number of rotatable bonds is 13. The molecule has 1 unspecified atom stereocenters. The highest BCUT2D eigenvalue weighted by atomic mass is 16.7. The Balaban J connectivity index is 1.46. The summed E-state index contributed by atoms with van der Waals surface area (Å²) in [6, 6.07) is 12.0. The van der Waals surface area contributed by atoms with E-state index in [-0.39, 0.29) is 12.3 Å². The SMILES string of the molecule is CCN1C(=O)N(CCOC2CCCCO2)C2(CCN(Cc3cc(OC)cc(OC)c3)CC2)/C1=C/C(C)(C)c1ccc(OC)cc1OC. The van der Waals surface area contributed by atoms with Gasteiger partial charge in [-0.1, -0.05) is 26.0 Å². The van der Waals surface area contributed by atoms with Crippen LogP contribution in [0.15, 0.2) is 48.2 Å². The third-order valence-corrected chi connectivity index (χ3v) is 9.92. The highest BCUT2D eigenvalue weighted by Crippen LogP contribution is 2.47. The number of methoxy groups -OCH3 is 4. The highest BCUT2D eigenvalue weighted by Gasteiger charge is 2.54. The normalized spacial score (nSPS) is 21.0. The molecule has 2 aromatic rings. The molecule has 0 N–H and O–H groups in total. The molecule has 0 aliphatic carbocycles. The van der Waals surface area contributed by atoms with E-state index in [1.165, 1.54) is 0 Å². The van der Waals surface area contributed by atoms with Crippen molar-refractivity contribution in [2.75, 3.05) is 67.8 Å². The van der Waals surface area contributed by atoms with Crippen molar-refractivity contribution in [1.82, 2.24) is 14.7 Å². The van der Waals surface area contributed by atoms with Crippen molar-refractivity contribution in [2.24, 2.45) is 0 Å². The quantitative estimate of drug-likeness (QED) is 0.253. The summed E-state index contributed by atoms with van der Waals surface area (Å²) in [6.07, 6.45) is 6.78. The van der Waals surface area contributed by atoms with Gasteiger partial charge in [0, 0.05) is 68.1 Å². The van der Waals surface area contributed by atoms with Gasteiger partial charge < -0.3 is 33.3 Å². The van der Waals surface area contributed by atoms with E-state index in [0.717, 1.165) is 98.2 Å². The molecule has 10 heteroatoms. The van der Waals surface area contributed by atoms with Gasteiger partial charge in [-0.3, -0.25) is 9.80 Å². The third kappa shape index (κ3) is 7.50. The summed E-state index contributed by atoms with van der Waals surface area (Å²) in [5.74, 6) is 3.06. The van der Waals surface area contributed by atoms with Gasteiger partial charge in [-0.05, 0) is 62.8 Å². The van der Waals surface area contributed by atoms with Crippen molar-refractivity contribution in [3.63, 3.8) is 0 Å². The Hall–Kier alpha value is -3.47. The van der Waals surface area contributed by atoms with E-state index in [1.807, 2.05) is 23.1 Å². The number of benzene rings is 2. The molecule has 0 aromatic heterocycles. The fraction of sp³-hybridized carbons (Fsp3) is 0.595. The maximum atomic E-state index is 14.3. The van der Waals surface area contributed by atoms with Crippen LogP contribution in [0.25, 0.3) is 0 Å². The number of likely N-dealkylation sites (tertiary alicyclic amines) is 1. The van der Waals surface area contributed by atoms with Crippen molar-refractivity contribution >= 4 is 6.03 Å². The minimum Gasteiger partial charge on any atom is -0.497 e. The standard InChI is InChI=1S/C37H53N3O7/c1-8-39-33(25-36(2,3)31-13-12-28(42-4)24-32(31)45-7)37(40(35(39)41)18-20-47-34-11-9-10-19-46-34)14-16-38(17-15-37)26-27-21-29(43-5)23-30(22-27)44-6/h12-13,21-25,34H,8-11,14-20,26H2,1-7H3/b33-25-. The lowest BCUT2D eigenvalue weighted by Crippen LogP contribution is -2.54. The maximum absolute atomic E-state index is 14.3. The summed E-state index contributed by atoms with van der Waals surface area (Å²) in [5.41, 5.74) is 2.32. The van der Waals surface area contributed by atoms with Gasteiger partial charge in [0.2, 0.25) is 0 Å². The van der Waals surface area contributed by atoms with Crippen molar-refractivity contribution in [3.8, 4) is 23.0 Å². The van der Waals surface area contributed by atoms with E-state index in [4.69, 9.17) is 28.4 Å². The monoisotopic (exact) mass is 651 g/mol. The zero-order valence-corrected chi connectivity index (χ0v) is 29.3. The van der Waals surface area contributed by atoms with Gasteiger partial charge >= 0.3 is 6.03 Å². The summed E-state index contributed by atoms with van der Waals surface area (Å²) in [4.78, 5) is 20.8. The first-order valence-corrected chi connectivity index (χ1v) is 16.9. The molecule has 2 amide bonds. The second-order valence-electron chi connectivity index (χ2n) is 13.2. The first-order chi connectivity index (χ1) is 22.7. The number of hydrogen-bond donors (Lipinski definition) is 0. The Bertz CT molecular complexity index is 1370. The van der Waals surface area contributed by atoms with Crippen LogP contribution in [-0.4, -0.2) is 100 Å². The molecule has 3 heterocycles. The van der Waals surface area contributed by atoms with Crippen LogP contribution in [0.1, 0.15) is 64.0 Å². The first kappa shape index (κ1) is 34.9. The minimum absolute atomic E-state index is 0.0374. The van der Waals surface area contributed by atoms with Crippen molar-refractivity contribution in [2.45, 2.75) is 76.7 Å². The second-order valence-corrected chi connectivity index (χ2v) is 13.2.